The lowest BCUT2D eigenvalue weighted by molar-refractivity contribution is 0.228. The number of rotatable bonds is 7. The van der Waals surface area contributed by atoms with E-state index in [2.05, 4.69) is 54.5 Å². The number of hydrogen-bond donors (Lipinski definition) is 1. The van der Waals surface area contributed by atoms with Crippen molar-refractivity contribution in [2.75, 3.05) is 20.1 Å². The molecule has 0 radical (unpaired) electrons. The number of likely N-dealkylation sites (N-methyl/N-ethyl adjacent to an activating group) is 1. The van der Waals surface area contributed by atoms with Crippen molar-refractivity contribution in [1.29, 1.82) is 0 Å². The Kier molecular flexibility index (Phi) is 4.57. The SMILES string of the molecule is CCCNCC(c1ccccc1)N(C)C1CC1. The molecule has 1 unspecified atom stereocenters. The molecule has 0 spiro atoms. The van der Waals surface area contributed by atoms with E-state index >= 15 is 0 Å². The van der Waals surface area contributed by atoms with Crippen LogP contribution in [-0.2, 0) is 0 Å². The number of nitrogens with zero attached hydrogens (tertiary/aromatic N) is 1. The summed E-state index contributed by atoms with van der Waals surface area (Å²) in [7, 11) is 2.27. The van der Waals surface area contributed by atoms with Gasteiger partial charge in [0.05, 0.1) is 0 Å². The van der Waals surface area contributed by atoms with Gasteiger partial charge < -0.3 is 5.32 Å². The summed E-state index contributed by atoms with van der Waals surface area (Å²) in [4.78, 5) is 2.54. The van der Waals surface area contributed by atoms with Crippen molar-refractivity contribution in [3.05, 3.63) is 35.9 Å². The lowest BCUT2D eigenvalue weighted by Gasteiger charge is -2.29. The van der Waals surface area contributed by atoms with Crippen LogP contribution in [0.2, 0.25) is 0 Å². The van der Waals surface area contributed by atoms with Crippen LogP contribution in [0.4, 0.5) is 0 Å². The maximum Gasteiger partial charge on any atom is 0.0472 e. The summed E-state index contributed by atoms with van der Waals surface area (Å²) in [5, 5.41) is 3.56. The molecule has 94 valence electrons. The topological polar surface area (TPSA) is 15.3 Å². The first-order valence-electron chi connectivity index (χ1n) is 6.80. The lowest BCUT2D eigenvalue weighted by Crippen LogP contribution is -2.35. The number of hydrogen-bond acceptors (Lipinski definition) is 2. The molecule has 0 heterocycles. The van der Waals surface area contributed by atoms with Crippen LogP contribution in [0.1, 0.15) is 37.8 Å². The van der Waals surface area contributed by atoms with E-state index < -0.39 is 0 Å². The van der Waals surface area contributed by atoms with E-state index in [1.807, 2.05) is 0 Å². The Morgan fingerprint density at radius 3 is 2.59 bits per heavy atom. The van der Waals surface area contributed by atoms with Gasteiger partial charge in [-0.2, -0.15) is 0 Å². The van der Waals surface area contributed by atoms with Crippen LogP contribution in [0.25, 0.3) is 0 Å². The molecular weight excluding hydrogens is 208 g/mol. The normalized spacial score (nSPS) is 17.4. The Hall–Kier alpha value is -0.860. The highest BCUT2D eigenvalue weighted by molar-refractivity contribution is 5.20. The van der Waals surface area contributed by atoms with E-state index in [0.717, 1.165) is 19.1 Å². The monoisotopic (exact) mass is 232 g/mol. The average molecular weight is 232 g/mol. The fourth-order valence-electron chi connectivity index (χ4n) is 2.32. The second kappa shape index (κ2) is 6.18. The molecule has 2 heteroatoms. The first-order valence-corrected chi connectivity index (χ1v) is 6.80. The second-order valence-corrected chi connectivity index (χ2v) is 5.03. The molecular formula is C15H24N2. The third-order valence-electron chi connectivity index (χ3n) is 3.56. The maximum absolute atomic E-state index is 3.56. The number of nitrogens with one attached hydrogen (secondary N) is 1. The zero-order valence-electron chi connectivity index (χ0n) is 11.0. The third-order valence-corrected chi connectivity index (χ3v) is 3.56. The van der Waals surface area contributed by atoms with Gasteiger partial charge in [0.2, 0.25) is 0 Å². The van der Waals surface area contributed by atoms with E-state index in [-0.39, 0.29) is 0 Å². The molecule has 0 bridgehead atoms. The van der Waals surface area contributed by atoms with Crippen LogP contribution < -0.4 is 5.32 Å². The van der Waals surface area contributed by atoms with Crippen LogP contribution in [0, 0.1) is 0 Å². The fourth-order valence-corrected chi connectivity index (χ4v) is 2.32. The quantitative estimate of drug-likeness (QED) is 0.727. The molecule has 1 aromatic rings. The van der Waals surface area contributed by atoms with Crippen molar-refractivity contribution in [2.45, 2.75) is 38.3 Å². The second-order valence-electron chi connectivity index (χ2n) is 5.03. The van der Waals surface area contributed by atoms with Crippen LogP contribution in [-0.4, -0.2) is 31.1 Å². The van der Waals surface area contributed by atoms with Crippen molar-refractivity contribution in [2.24, 2.45) is 0 Å². The van der Waals surface area contributed by atoms with Gasteiger partial charge in [-0.3, -0.25) is 4.90 Å². The molecule has 0 aliphatic heterocycles. The fraction of sp³-hybridized carbons (Fsp3) is 0.600. The van der Waals surface area contributed by atoms with Crippen molar-refractivity contribution in [3.63, 3.8) is 0 Å². The lowest BCUT2D eigenvalue weighted by atomic mass is 10.1. The van der Waals surface area contributed by atoms with Crippen molar-refractivity contribution >= 4 is 0 Å². The summed E-state index contributed by atoms with van der Waals surface area (Å²) in [5.74, 6) is 0. The molecule has 1 aromatic carbocycles. The van der Waals surface area contributed by atoms with Gasteiger partial charge in [0.15, 0.2) is 0 Å². The van der Waals surface area contributed by atoms with Crippen LogP contribution in [0.5, 0.6) is 0 Å². The third kappa shape index (κ3) is 3.55. The van der Waals surface area contributed by atoms with E-state index in [1.54, 1.807) is 0 Å². The first-order chi connectivity index (χ1) is 8.33. The Bertz CT molecular complexity index is 319. The Morgan fingerprint density at radius 2 is 2.00 bits per heavy atom. The zero-order chi connectivity index (χ0) is 12.1. The summed E-state index contributed by atoms with van der Waals surface area (Å²) in [6.45, 7) is 4.39. The first kappa shape index (κ1) is 12.6. The predicted molar refractivity (Wildman–Crippen MR) is 73.1 cm³/mol. The summed E-state index contributed by atoms with van der Waals surface area (Å²) in [5.41, 5.74) is 1.44. The van der Waals surface area contributed by atoms with Crippen LogP contribution in [0.15, 0.2) is 30.3 Å². The minimum atomic E-state index is 0.523. The van der Waals surface area contributed by atoms with Crippen molar-refractivity contribution in [1.82, 2.24) is 10.2 Å². The summed E-state index contributed by atoms with van der Waals surface area (Å²) in [6.07, 6.45) is 3.94. The molecule has 17 heavy (non-hydrogen) atoms. The highest BCUT2D eigenvalue weighted by Crippen LogP contribution is 2.32. The van der Waals surface area contributed by atoms with Crippen LogP contribution in [0.3, 0.4) is 0 Å². The van der Waals surface area contributed by atoms with Gasteiger partial charge in [-0.15, -0.1) is 0 Å². The van der Waals surface area contributed by atoms with Gasteiger partial charge in [-0.05, 0) is 38.4 Å². The van der Waals surface area contributed by atoms with E-state index in [0.29, 0.717) is 6.04 Å². The van der Waals surface area contributed by atoms with Gasteiger partial charge in [0, 0.05) is 18.6 Å². The average Bonchev–Trinajstić information content (AvgIpc) is 3.19. The zero-order valence-corrected chi connectivity index (χ0v) is 11.0. The molecule has 0 saturated heterocycles. The Balaban J connectivity index is 2.01. The molecule has 1 fully saturated rings. The maximum atomic E-state index is 3.56. The minimum Gasteiger partial charge on any atom is -0.315 e. The van der Waals surface area contributed by atoms with E-state index in [9.17, 15) is 0 Å². The predicted octanol–water partition coefficient (Wildman–Crippen LogP) is 2.82. The molecule has 1 aliphatic carbocycles. The highest BCUT2D eigenvalue weighted by atomic mass is 15.2. The Labute approximate surface area is 105 Å². The van der Waals surface area contributed by atoms with Crippen LogP contribution >= 0.6 is 0 Å². The van der Waals surface area contributed by atoms with Gasteiger partial charge in [-0.25, -0.2) is 0 Å². The Morgan fingerprint density at radius 1 is 1.29 bits per heavy atom. The van der Waals surface area contributed by atoms with E-state index in [1.165, 1.54) is 24.8 Å². The van der Waals surface area contributed by atoms with Gasteiger partial charge in [-0.1, -0.05) is 37.3 Å². The van der Waals surface area contributed by atoms with Gasteiger partial charge in [0.1, 0.15) is 0 Å². The molecule has 0 aromatic heterocycles. The molecule has 1 saturated carbocycles. The minimum absolute atomic E-state index is 0.523. The largest absolute Gasteiger partial charge is 0.315 e. The summed E-state index contributed by atoms with van der Waals surface area (Å²) < 4.78 is 0. The van der Waals surface area contributed by atoms with Crippen molar-refractivity contribution in [3.8, 4) is 0 Å². The van der Waals surface area contributed by atoms with Gasteiger partial charge >= 0.3 is 0 Å². The molecule has 2 rings (SSSR count). The molecule has 1 N–H and O–H groups in total. The molecule has 2 nitrogen and oxygen atoms in total. The molecule has 0 amide bonds. The summed E-state index contributed by atoms with van der Waals surface area (Å²) in [6, 6.07) is 12.2. The molecule has 1 aliphatic rings. The highest BCUT2D eigenvalue weighted by Gasteiger charge is 2.31. The standard InChI is InChI=1S/C15H24N2/c1-3-11-16-12-15(17(2)14-9-10-14)13-7-5-4-6-8-13/h4-8,14-16H,3,9-12H2,1-2H3. The van der Waals surface area contributed by atoms with Gasteiger partial charge in [0.25, 0.3) is 0 Å². The molecule has 1 atom stereocenters. The number of benzene rings is 1. The van der Waals surface area contributed by atoms with Crippen molar-refractivity contribution < 1.29 is 0 Å². The smallest absolute Gasteiger partial charge is 0.0472 e. The summed E-state index contributed by atoms with van der Waals surface area (Å²) >= 11 is 0. The van der Waals surface area contributed by atoms with E-state index in [4.69, 9.17) is 0 Å².